The van der Waals surface area contributed by atoms with Crippen molar-refractivity contribution in [2.45, 2.75) is 95.2 Å². The van der Waals surface area contributed by atoms with Gasteiger partial charge in [-0.3, -0.25) is 9.59 Å². The molecule has 2 amide bonds. The molecule has 3 aromatic rings. The number of benzene rings is 2. The minimum absolute atomic E-state index is 0.0364. The molecule has 1 aromatic heterocycles. The second-order valence-corrected chi connectivity index (χ2v) is 11.2. The summed E-state index contributed by atoms with van der Waals surface area (Å²) < 4.78 is 2.13. The Balaban J connectivity index is 1.31. The third-order valence-corrected chi connectivity index (χ3v) is 8.76. The van der Waals surface area contributed by atoms with Gasteiger partial charge >= 0.3 is 0 Å². The van der Waals surface area contributed by atoms with Crippen molar-refractivity contribution in [3.05, 3.63) is 60.4 Å². The number of fused-ring (bicyclic) bond motifs is 1. The van der Waals surface area contributed by atoms with Gasteiger partial charge < -0.3 is 14.4 Å². The van der Waals surface area contributed by atoms with Gasteiger partial charge in [-0.2, -0.15) is 0 Å². The Kier molecular flexibility index (Phi) is 6.99. The van der Waals surface area contributed by atoms with Crippen LogP contribution < -0.4 is 4.90 Å². The highest BCUT2D eigenvalue weighted by molar-refractivity contribution is 5.96. The molecule has 2 saturated carbocycles. The van der Waals surface area contributed by atoms with Crippen LogP contribution in [0.3, 0.4) is 0 Å². The number of aromatic nitrogens is 2. The maximum Gasteiger partial charge on any atom is 0.243 e. The highest BCUT2D eigenvalue weighted by Crippen LogP contribution is 2.34. The van der Waals surface area contributed by atoms with Crippen LogP contribution in [0.1, 0.15) is 82.4 Å². The molecule has 0 spiro atoms. The second kappa shape index (κ2) is 10.7. The fourth-order valence-corrected chi connectivity index (χ4v) is 6.95. The summed E-state index contributed by atoms with van der Waals surface area (Å²) in [5.41, 5.74) is 2.82. The number of carbonyl (C=O) groups excluding carboxylic acids is 2. The first-order valence-electron chi connectivity index (χ1n) is 14.3. The van der Waals surface area contributed by atoms with Crippen molar-refractivity contribution in [2.75, 3.05) is 11.4 Å². The summed E-state index contributed by atoms with van der Waals surface area (Å²) in [5.74, 6) is 1.18. The third-order valence-electron chi connectivity index (χ3n) is 8.76. The molecule has 6 nitrogen and oxygen atoms in total. The number of nitrogens with zero attached hydrogens (tertiary/aromatic N) is 4. The fourth-order valence-electron chi connectivity index (χ4n) is 6.95. The average molecular weight is 499 g/mol. The van der Waals surface area contributed by atoms with E-state index < -0.39 is 0 Å². The van der Waals surface area contributed by atoms with Crippen molar-refractivity contribution in [3.63, 3.8) is 0 Å². The maximum atomic E-state index is 14.2. The van der Waals surface area contributed by atoms with E-state index in [9.17, 15) is 9.59 Å². The molecular formula is C31H38N4O2. The van der Waals surface area contributed by atoms with Gasteiger partial charge in [0.05, 0.1) is 11.0 Å². The molecule has 1 unspecified atom stereocenters. The van der Waals surface area contributed by atoms with Gasteiger partial charge in [0.2, 0.25) is 11.8 Å². The topological polar surface area (TPSA) is 58.4 Å². The Labute approximate surface area is 219 Å². The van der Waals surface area contributed by atoms with Crippen molar-refractivity contribution in [3.8, 4) is 0 Å². The smallest absolute Gasteiger partial charge is 0.243 e. The number of amides is 2. The van der Waals surface area contributed by atoms with Crippen LogP contribution in [-0.2, 0) is 16.1 Å². The highest BCUT2D eigenvalue weighted by Gasteiger charge is 2.37. The van der Waals surface area contributed by atoms with Crippen LogP contribution >= 0.6 is 0 Å². The lowest BCUT2D eigenvalue weighted by Crippen LogP contribution is -2.50. The standard InChI is InChI=1S/C31H38N4O2/c36-29-20-23(21-33(29)24-12-4-1-5-13-24)31-32-27-18-10-11-19-28(27)34(31)22-30(37)35(25-14-6-2-7-15-25)26-16-8-3-9-17-26/h1,4-5,10-13,18-19,23,25-26H,2-3,6-9,14-17,20-22H2. The predicted molar refractivity (Wildman–Crippen MR) is 146 cm³/mol. The van der Waals surface area contributed by atoms with Crippen LogP contribution in [0.2, 0.25) is 0 Å². The summed E-state index contributed by atoms with van der Waals surface area (Å²) >= 11 is 0. The van der Waals surface area contributed by atoms with E-state index in [1.165, 1.54) is 38.5 Å². The molecule has 0 radical (unpaired) electrons. The quantitative estimate of drug-likeness (QED) is 0.416. The van der Waals surface area contributed by atoms with E-state index in [1.54, 1.807) is 0 Å². The third kappa shape index (κ3) is 4.90. The van der Waals surface area contributed by atoms with Gasteiger partial charge in [-0.05, 0) is 49.9 Å². The largest absolute Gasteiger partial charge is 0.335 e. The minimum atomic E-state index is -0.0364. The Morgan fingerprint density at radius 2 is 1.46 bits per heavy atom. The summed E-state index contributed by atoms with van der Waals surface area (Å²) in [7, 11) is 0. The zero-order chi connectivity index (χ0) is 25.2. The van der Waals surface area contributed by atoms with Crippen LogP contribution in [0, 0.1) is 0 Å². The second-order valence-electron chi connectivity index (χ2n) is 11.2. The van der Waals surface area contributed by atoms with Gasteiger partial charge in [-0.15, -0.1) is 0 Å². The highest BCUT2D eigenvalue weighted by atomic mass is 16.2. The summed E-state index contributed by atoms with van der Waals surface area (Å²) in [4.78, 5) is 36.4. The maximum absolute atomic E-state index is 14.2. The number of anilines is 1. The van der Waals surface area contributed by atoms with E-state index in [4.69, 9.17) is 4.98 Å². The Morgan fingerprint density at radius 1 is 0.838 bits per heavy atom. The van der Waals surface area contributed by atoms with Gasteiger partial charge in [0.25, 0.3) is 0 Å². The Morgan fingerprint density at radius 3 is 2.14 bits per heavy atom. The van der Waals surface area contributed by atoms with E-state index >= 15 is 0 Å². The van der Waals surface area contributed by atoms with E-state index in [-0.39, 0.29) is 17.7 Å². The van der Waals surface area contributed by atoms with E-state index in [0.29, 0.717) is 31.6 Å². The van der Waals surface area contributed by atoms with Gasteiger partial charge in [-0.1, -0.05) is 68.9 Å². The molecular weight excluding hydrogens is 460 g/mol. The molecule has 6 rings (SSSR count). The molecule has 0 bridgehead atoms. The van der Waals surface area contributed by atoms with Gasteiger partial charge in [0, 0.05) is 36.7 Å². The monoisotopic (exact) mass is 498 g/mol. The van der Waals surface area contributed by atoms with Crippen molar-refractivity contribution in [1.29, 1.82) is 0 Å². The lowest BCUT2D eigenvalue weighted by Gasteiger charge is -2.42. The van der Waals surface area contributed by atoms with Crippen LogP contribution in [0.5, 0.6) is 0 Å². The van der Waals surface area contributed by atoms with Gasteiger partial charge in [0.15, 0.2) is 0 Å². The molecule has 6 heteroatoms. The van der Waals surface area contributed by atoms with Crippen molar-refractivity contribution < 1.29 is 9.59 Å². The minimum Gasteiger partial charge on any atom is -0.335 e. The first-order chi connectivity index (χ1) is 18.2. The zero-order valence-electron chi connectivity index (χ0n) is 21.7. The molecule has 194 valence electrons. The number of imidazole rings is 1. The van der Waals surface area contributed by atoms with E-state index in [0.717, 1.165) is 48.2 Å². The predicted octanol–water partition coefficient (Wildman–Crippen LogP) is 6.05. The fraction of sp³-hybridized carbons (Fsp3) is 0.516. The molecule has 2 aliphatic carbocycles. The SMILES string of the molecule is O=C1CC(c2nc3ccccc3n2CC(=O)N(C2CCCCC2)C2CCCCC2)CN1c1ccccc1. The van der Waals surface area contributed by atoms with E-state index in [2.05, 4.69) is 15.5 Å². The van der Waals surface area contributed by atoms with E-state index in [1.807, 2.05) is 53.4 Å². The molecule has 1 saturated heterocycles. The first-order valence-corrected chi connectivity index (χ1v) is 14.3. The summed E-state index contributed by atoms with van der Waals surface area (Å²) in [6.07, 6.45) is 12.4. The molecule has 0 N–H and O–H groups in total. The average Bonchev–Trinajstić information content (AvgIpc) is 3.51. The van der Waals surface area contributed by atoms with Crippen molar-refractivity contribution in [1.82, 2.24) is 14.5 Å². The van der Waals surface area contributed by atoms with Gasteiger partial charge in [-0.25, -0.2) is 4.98 Å². The molecule has 1 aliphatic heterocycles. The molecule has 2 heterocycles. The summed E-state index contributed by atoms with van der Waals surface area (Å²) in [5, 5.41) is 0. The van der Waals surface area contributed by atoms with Crippen molar-refractivity contribution >= 4 is 28.5 Å². The summed E-state index contributed by atoms with van der Waals surface area (Å²) in [6, 6.07) is 18.7. The van der Waals surface area contributed by atoms with Crippen LogP contribution in [0.25, 0.3) is 11.0 Å². The number of hydrogen-bond donors (Lipinski definition) is 0. The zero-order valence-corrected chi connectivity index (χ0v) is 21.7. The Hall–Kier alpha value is -3.15. The molecule has 37 heavy (non-hydrogen) atoms. The lowest BCUT2D eigenvalue weighted by atomic mass is 9.88. The van der Waals surface area contributed by atoms with Crippen LogP contribution in [0.15, 0.2) is 54.6 Å². The van der Waals surface area contributed by atoms with Crippen LogP contribution in [0.4, 0.5) is 5.69 Å². The Bertz CT molecular complexity index is 1220. The number of rotatable bonds is 6. The first kappa shape index (κ1) is 24.2. The molecule has 3 fully saturated rings. The molecule has 2 aromatic carbocycles. The summed E-state index contributed by atoms with van der Waals surface area (Å²) in [6.45, 7) is 0.897. The number of para-hydroxylation sites is 3. The number of hydrogen-bond acceptors (Lipinski definition) is 3. The molecule has 1 atom stereocenters. The lowest BCUT2D eigenvalue weighted by molar-refractivity contribution is -0.138. The van der Waals surface area contributed by atoms with Crippen LogP contribution in [-0.4, -0.2) is 44.9 Å². The van der Waals surface area contributed by atoms with Gasteiger partial charge in [0.1, 0.15) is 12.4 Å². The molecule has 3 aliphatic rings. The number of carbonyl (C=O) groups is 2. The normalized spacial score (nSPS) is 21.6. The van der Waals surface area contributed by atoms with Crippen molar-refractivity contribution in [2.24, 2.45) is 0 Å².